The zero-order valence-electron chi connectivity index (χ0n) is 5.92. The molecule has 11 heavy (non-hydrogen) atoms. The largest absolute Gasteiger partial charge is 0.395 e. The Morgan fingerprint density at radius 2 is 2.45 bits per heavy atom. The lowest BCUT2D eigenvalue weighted by molar-refractivity contribution is 0.311. The fourth-order valence-electron chi connectivity index (χ4n) is 0.709. The molecule has 0 spiro atoms. The average Bonchev–Trinajstić information content (AvgIpc) is 2.03. The van der Waals surface area contributed by atoms with Gasteiger partial charge in [0.15, 0.2) is 0 Å². The summed E-state index contributed by atoms with van der Waals surface area (Å²) in [6.45, 7) is 0.600. The van der Waals surface area contributed by atoms with Crippen molar-refractivity contribution in [2.75, 3.05) is 18.5 Å². The first-order chi connectivity index (χ1) is 5.34. The minimum Gasteiger partial charge on any atom is -0.395 e. The third kappa shape index (κ3) is 2.37. The predicted molar refractivity (Wildman–Crippen MR) is 44.8 cm³/mol. The molecule has 0 saturated heterocycles. The highest BCUT2D eigenvalue weighted by molar-refractivity contribution is 6.33. The Morgan fingerprint density at radius 1 is 1.64 bits per heavy atom. The van der Waals surface area contributed by atoms with Crippen molar-refractivity contribution in [3.05, 3.63) is 23.5 Å². The van der Waals surface area contributed by atoms with Crippen molar-refractivity contribution in [3.63, 3.8) is 0 Å². The SMILES string of the molecule is OCCNc1ccncc1Cl. The molecular weight excluding hydrogens is 164 g/mol. The van der Waals surface area contributed by atoms with Gasteiger partial charge in [0.1, 0.15) is 0 Å². The first kappa shape index (κ1) is 8.30. The molecule has 0 aliphatic carbocycles. The maximum absolute atomic E-state index is 8.50. The fourth-order valence-corrected chi connectivity index (χ4v) is 0.895. The summed E-state index contributed by atoms with van der Waals surface area (Å²) in [5.74, 6) is 0. The molecule has 1 rings (SSSR count). The first-order valence-corrected chi connectivity index (χ1v) is 3.66. The summed E-state index contributed by atoms with van der Waals surface area (Å²) in [5, 5.41) is 12.0. The van der Waals surface area contributed by atoms with E-state index in [1.54, 1.807) is 18.5 Å². The highest BCUT2D eigenvalue weighted by Crippen LogP contribution is 2.18. The van der Waals surface area contributed by atoms with E-state index in [2.05, 4.69) is 10.3 Å². The van der Waals surface area contributed by atoms with Crippen LogP contribution in [0.4, 0.5) is 5.69 Å². The van der Waals surface area contributed by atoms with Gasteiger partial charge in [0.25, 0.3) is 0 Å². The number of nitrogens with one attached hydrogen (secondary N) is 1. The fraction of sp³-hybridized carbons (Fsp3) is 0.286. The minimum atomic E-state index is 0.0959. The summed E-state index contributed by atoms with van der Waals surface area (Å²) in [7, 11) is 0. The zero-order chi connectivity index (χ0) is 8.10. The van der Waals surface area contributed by atoms with Crippen LogP contribution in [0.1, 0.15) is 0 Å². The Labute approximate surface area is 70.0 Å². The van der Waals surface area contributed by atoms with Crippen molar-refractivity contribution in [2.24, 2.45) is 0 Å². The standard InChI is InChI=1S/C7H9ClN2O/c8-6-5-9-2-1-7(6)10-3-4-11/h1-2,5,11H,3-4H2,(H,9,10). The molecule has 2 N–H and O–H groups in total. The van der Waals surface area contributed by atoms with Gasteiger partial charge in [-0.3, -0.25) is 4.98 Å². The number of pyridine rings is 1. The topological polar surface area (TPSA) is 45.1 Å². The lowest BCUT2D eigenvalue weighted by atomic mass is 10.4. The second-order valence-corrected chi connectivity index (χ2v) is 2.41. The summed E-state index contributed by atoms with van der Waals surface area (Å²) in [5.41, 5.74) is 0.802. The van der Waals surface area contributed by atoms with Crippen molar-refractivity contribution in [3.8, 4) is 0 Å². The molecule has 0 amide bonds. The average molecular weight is 173 g/mol. The molecule has 0 aliphatic rings. The molecule has 0 radical (unpaired) electrons. The van der Waals surface area contributed by atoms with E-state index in [4.69, 9.17) is 16.7 Å². The van der Waals surface area contributed by atoms with Gasteiger partial charge in [0, 0.05) is 18.9 Å². The van der Waals surface area contributed by atoms with E-state index in [1.165, 1.54) is 0 Å². The predicted octanol–water partition coefficient (Wildman–Crippen LogP) is 1.14. The van der Waals surface area contributed by atoms with Crippen LogP contribution in [0.5, 0.6) is 0 Å². The number of aliphatic hydroxyl groups excluding tert-OH is 1. The third-order valence-electron chi connectivity index (χ3n) is 1.20. The van der Waals surface area contributed by atoms with Crippen LogP contribution in [0.15, 0.2) is 18.5 Å². The molecule has 1 heterocycles. The first-order valence-electron chi connectivity index (χ1n) is 3.29. The number of hydrogen-bond donors (Lipinski definition) is 2. The normalized spacial score (nSPS) is 9.64. The molecule has 0 unspecified atom stereocenters. The van der Waals surface area contributed by atoms with Gasteiger partial charge < -0.3 is 10.4 Å². The van der Waals surface area contributed by atoms with Crippen LogP contribution in [0.3, 0.4) is 0 Å². The van der Waals surface area contributed by atoms with Crippen LogP contribution < -0.4 is 5.32 Å². The van der Waals surface area contributed by atoms with E-state index in [0.29, 0.717) is 11.6 Å². The van der Waals surface area contributed by atoms with Gasteiger partial charge in [-0.15, -0.1) is 0 Å². The number of rotatable bonds is 3. The molecule has 60 valence electrons. The Bertz CT molecular complexity index is 229. The van der Waals surface area contributed by atoms with Crippen LogP contribution in [-0.2, 0) is 0 Å². The summed E-state index contributed by atoms with van der Waals surface area (Å²) in [6.07, 6.45) is 3.20. The molecule has 0 atom stereocenters. The van der Waals surface area contributed by atoms with Crippen molar-refractivity contribution in [2.45, 2.75) is 0 Å². The lowest BCUT2D eigenvalue weighted by Crippen LogP contribution is -2.05. The highest BCUT2D eigenvalue weighted by Gasteiger charge is 1.95. The molecule has 4 heteroatoms. The summed E-state index contributed by atoms with van der Waals surface area (Å²) >= 11 is 5.75. The Hall–Kier alpha value is -0.800. The van der Waals surface area contributed by atoms with E-state index in [9.17, 15) is 0 Å². The second kappa shape index (κ2) is 4.16. The van der Waals surface area contributed by atoms with Gasteiger partial charge >= 0.3 is 0 Å². The van der Waals surface area contributed by atoms with Crippen LogP contribution in [0, 0.1) is 0 Å². The Kier molecular flexibility index (Phi) is 3.14. The molecule has 0 saturated carbocycles. The summed E-state index contributed by atoms with van der Waals surface area (Å²) < 4.78 is 0. The molecule has 0 bridgehead atoms. The molecule has 0 aromatic carbocycles. The van der Waals surface area contributed by atoms with E-state index in [1.807, 2.05) is 0 Å². The molecule has 1 aromatic heterocycles. The second-order valence-electron chi connectivity index (χ2n) is 2.01. The lowest BCUT2D eigenvalue weighted by Gasteiger charge is -2.04. The quantitative estimate of drug-likeness (QED) is 0.719. The summed E-state index contributed by atoms with van der Waals surface area (Å²) in [4.78, 5) is 3.82. The molecule has 0 aliphatic heterocycles. The van der Waals surface area contributed by atoms with Gasteiger partial charge in [-0.2, -0.15) is 0 Å². The van der Waals surface area contributed by atoms with Gasteiger partial charge in [-0.1, -0.05) is 11.6 Å². The van der Waals surface area contributed by atoms with Gasteiger partial charge in [0.05, 0.1) is 17.3 Å². The minimum absolute atomic E-state index is 0.0959. The maximum Gasteiger partial charge on any atom is 0.0820 e. The molecule has 0 fully saturated rings. The number of hydrogen-bond acceptors (Lipinski definition) is 3. The molecule has 1 aromatic rings. The van der Waals surface area contributed by atoms with E-state index in [0.717, 1.165) is 5.69 Å². The number of anilines is 1. The van der Waals surface area contributed by atoms with E-state index >= 15 is 0 Å². The number of nitrogens with zero attached hydrogens (tertiary/aromatic N) is 1. The highest BCUT2D eigenvalue weighted by atomic mass is 35.5. The van der Waals surface area contributed by atoms with E-state index in [-0.39, 0.29) is 6.61 Å². The zero-order valence-corrected chi connectivity index (χ0v) is 6.67. The third-order valence-corrected chi connectivity index (χ3v) is 1.50. The van der Waals surface area contributed by atoms with Crippen LogP contribution in [0.25, 0.3) is 0 Å². The Morgan fingerprint density at radius 3 is 3.09 bits per heavy atom. The van der Waals surface area contributed by atoms with Crippen LogP contribution in [0.2, 0.25) is 5.02 Å². The van der Waals surface area contributed by atoms with Crippen molar-refractivity contribution >= 4 is 17.3 Å². The van der Waals surface area contributed by atoms with Crippen LogP contribution >= 0.6 is 11.6 Å². The number of halogens is 1. The smallest absolute Gasteiger partial charge is 0.0820 e. The maximum atomic E-state index is 8.50. The van der Waals surface area contributed by atoms with Crippen molar-refractivity contribution in [1.82, 2.24) is 4.98 Å². The molecule has 3 nitrogen and oxygen atoms in total. The van der Waals surface area contributed by atoms with Gasteiger partial charge in [-0.25, -0.2) is 0 Å². The summed E-state index contributed by atoms with van der Waals surface area (Å²) in [6, 6.07) is 1.76. The monoisotopic (exact) mass is 172 g/mol. The van der Waals surface area contributed by atoms with Crippen molar-refractivity contribution in [1.29, 1.82) is 0 Å². The van der Waals surface area contributed by atoms with Gasteiger partial charge in [0.2, 0.25) is 0 Å². The number of aliphatic hydroxyl groups is 1. The Balaban J connectivity index is 2.62. The molecular formula is C7H9ClN2O. The van der Waals surface area contributed by atoms with Gasteiger partial charge in [-0.05, 0) is 6.07 Å². The van der Waals surface area contributed by atoms with Crippen molar-refractivity contribution < 1.29 is 5.11 Å². The van der Waals surface area contributed by atoms with Crippen LogP contribution in [-0.4, -0.2) is 23.2 Å². The number of aromatic nitrogens is 1. The van der Waals surface area contributed by atoms with E-state index < -0.39 is 0 Å².